The van der Waals surface area contributed by atoms with Crippen LogP contribution in [0.3, 0.4) is 0 Å². The van der Waals surface area contributed by atoms with E-state index in [0.29, 0.717) is 48.8 Å². The number of aliphatic carboxylic acids is 1. The van der Waals surface area contributed by atoms with Gasteiger partial charge in [0.2, 0.25) is 0 Å². The maximum absolute atomic E-state index is 12.7. The van der Waals surface area contributed by atoms with E-state index in [4.69, 9.17) is 9.84 Å². The third-order valence-electron chi connectivity index (χ3n) is 5.84. The predicted octanol–water partition coefficient (Wildman–Crippen LogP) is 3.41. The van der Waals surface area contributed by atoms with Crippen molar-refractivity contribution in [2.75, 3.05) is 6.61 Å². The van der Waals surface area contributed by atoms with Crippen LogP contribution in [-0.2, 0) is 33.9 Å². The van der Waals surface area contributed by atoms with Crippen molar-refractivity contribution in [2.45, 2.75) is 45.8 Å². The van der Waals surface area contributed by atoms with E-state index in [1.807, 2.05) is 44.2 Å². The van der Waals surface area contributed by atoms with Crippen molar-refractivity contribution in [3.8, 4) is 0 Å². The van der Waals surface area contributed by atoms with Crippen LogP contribution in [0.4, 0.5) is 0 Å². The molecule has 0 aliphatic carbocycles. The van der Waals surface area contributed by atoms with Crippen LogP contribution in [0, 0.1) is 0 Å². The minimum absolute atomic E-state index is 0.00666. The molecule has 0 radical (unpaired) electrons. The Morgan fingerprint density at radius 2 is 1.68 bits per heavy atom. The normalized spacial score (nSPS) is 11.6. The fourth-order valence-corrected chi connectivity index (χ4v) is 3.99. The van der Waals surface area contributed by atoms with Gasteiger partial charge in [-0.25, -0.2) is 9.59 Å². The summed E-state index contributed by atoms with van der Waals surface area (Å²) in [6.07, 6.45) is 2.42. The van der Waals surface area contributed by atoms with Gasteiger partial charge in [0.15, 0.2) is 0 Å². The average Bonchev–Trinajstić information content (AvgIpc) is 2.85. The first-order chi connectivity index (χ1) is 17.7. The number of nitrogens with one attached hydrogen (secondary N) is 1. The highest BCUT2D eigenvalue weighted by molar-refractivity contribution is 6.38. The van der Waals surface area contributed by atoms with Crippen LogP contribution in [0.2, 0.25) is 0 Å². The molecule has 3 N–H and O–H groups in total. The van der Waals surface area contributed by atoms with Gasteiger partial charge < -0.3 is 14.9 Å². The Morgan fingerprint density at radius 3 is 2.30 bits per heavy atom. The van der Waals surface area contributed by atoms with Crippen LogP contribution in [-0.4, -0.2) is 38.1 Å². The van der Waals surface area contributed by atoms with Gasteiger partial charge >= 0.3 is 11.7 Å². The molecule has 0 spiro atoms. The maximum atomic E-state index is 12.7. The number of carboxylic acid groups (broad SMARTS) is 1. The molecule has 0 aliphatic heterocycles. The molecule has 0 amide bonds. The third-order valence-corrected chi connectivity index (χ3v) is 5.84. The van der Waals surface area contributed by atoms with E-state index in [9.17, 15) is 24.3 Å². The summed E-state index contributed by atoms with van der Waals surface area (Å²) in [5, 5.41) is 18.5. The number of aliphatic hydroxyl groups excluding tert-OH is 1. The summed E-state index contributed by atoms with van der Waals surface area (Å²) in [4.78, 5) is 49.4. The second-order valence-electron chi connectivity index (χ2n) is 8.90. The highest BCUT2D eigenvalue weighted by Gasteiger charge is 2.18. The monoisotopic (exact) mass is 506 g/mol. The first-order valence-corrected chi connectivity index (χ1v) is 11.9. The number of aromatic nitrogens is 2. The molecule has 3 aromatic rings. The number of ether oxygens (including phenoxy) is 1. The Labute approximate surface area is 213 Å². The Morgan fingerprint density at radius 1 is 1.00 bits per heavy atom. The van der Waals surface area contributed by atoms with Crippen LogP contribution >= 0.6 is 0 Å². The minimum Gasteiger partial charge on any atom is -0.507 e. The average molecular weight is 507 g/mol. The number of hydrogen-bond donors (Lipinski definition) is 3. The molecule has 9 nitrogen and oxygen atoms in total. The fraction of sp³-hybridized carbons (Fsp3) is 0.286. The van der Waals surface area contributed by atoms with Crippen LogP contribution in [0.15, 0.2) is 70.3 Å². The SMILES string of the molecule is CC(C)c1c(Cc2ccccc2)n(COCCCc2ccc(/C(O)=C/C(=O)C(=O)O)cc2)c(=O)[nH]c1=O. The highest BCUT2D eigenvalue weighted by atomic mass is 16.5. The summed E-state index contributed by atoms with van der Waals surface area (Å²) < 4.78 is 7.28. The summed E-state index contributed by atoms with van der Waals surface area (Å²) >= 11 is 0. The molecule has 0 aliphatic rings. The summed E-state index contributed by atoms with van der Waals surface area (Å²) in [5.74, 6) is -3.33. The van der Waals surface area contributed by atoms with Crippen LogP contribution < -0.4 is 11.2 Å². The zero-order valence-electron chi connectivity index (χ0n) is 20.8. The zero-order valence-corrected chi connectivity index (χ0v) is 20.8. The Hall–Kier alpha value is -4.24. The van der Waals surface area contributed by atoms with Gasteiger partial charge in [-0.3, -0.25) is 19.1 Å². The lowest BCUT2D eigenvalue weighted by Gasteiger charge is -2.18. The maximum Gasteiger partial charge on any atom is 0.376 e. The van der Waals surface area contributed by atoms with Gasteiger partial charge in [0, 0.05) is 35.9 Å². The van der Waals surface area contributed by atoms with E-state index in [1.165, 1.54) is 4.57 Å². The van der Waals surface area contributed by atoms with Gasteiger partial charge in [-0.15, -0.1) is 0 Å². The summed E-state index contributed by atoms with van der Waals surface area (Å²) in [6, 6.07) is 16.4. The van der Waals surface area contributed by atoms with Gasteiger partial charge in [0.25, 0.3) is 11.3 Å². The molecular weight excluding hydrogens is 476 g/mol. The van der Waals surface area contributed by atoms with E-state index in [0.717, 1.165) is 11.1 Å². The van der Waals surface area contributed by atoms with Crippen molar-refractivity contribution in [3.05, 3.63) is 109 Å². The summed E-state index contributed by atoms with van der Waals surface area (Å²) in [6.45, 7) is 4.21. The van der Waals surface area contributed by atoms with Crippen molar-refractivity contribution in [1.29, 1.82) is 0 Å². The number of benzene rings is 2. The second-order valence-corrected chi connectivity index (χ2v) is 8.90. The molecule has 2 aromatic carbocycles. The number of aryl methyl sites for hydroxylation is 1. The largest absolute Gasteiger partial charge is 0.507 e. The fourth-order valence-electron chi connectivity index (χ4n) is 3.99. The first-order valence-electron chi connectivity index (χ1n) is 11.9. The standard InChI is InChI=1S/C28H30N2O7/c1-18(2)25-22(15-20-7-4-3-5-8-20)30(28(36)29-26(25)33)17-37-14-6-9-19-10-12-21(13-11-19)23(31)16-24(32)27(34)35/h3-5,7-8,10-13,16,18,31H,6,9,14-15,17H2,1-2H3,(H,34,35)(H,29,33,36)/b23-16-. The molecule has 0 bridgehead atoms. The summed E-state index contributed by atoms with van der Waals surface area (Å²) in [5.41, 5.74) is 2.59. The van der Waals surface area contributed by atoms with Crippen LogP contribution in [0.25, 0.3) is 5.76 Å². The molecule has 9 heteroatoms. The van der Waals surface area contributed by atoms with Gasteiger partial charge in [0.1, 0.15) is 12.5 Å². The number of aliphatic hydroxyl groups is 1. The second kappa shape index (κ2) is 12.6. The molecule has 0 saturated heterocycles. The molecule has 1 heterocycles. The molecule has 0 atom stereocenters. The first kappa shape index (κ1) is 27.3. The third kappa shape index (κ3) is 7.37. The Kier molecular flexibility index (Phi) is 9.34. The van der Waals surface area contributed by atoms with Crippen molar-refractivity contribution in [3.63, 3.8) is 0 Å². The number of ketones is 1. The Balaban J connectivity index is 1.63. The number of carboxylic acids is 1. The van der Waals surface area contributed by atoms with Crippen molar-refractivity contribution in [1.82, 2.24) is 9.55 Å². The van der Waals surface area contributed by atoms with Crippen molar-refractivity contribution in [2.24, 2.45) is 0 Å². The zero-order chi connectivity index (χ0) is 26.9. The molecule has 0 fully saturated rings. The van der Waals surface area contributed by atoms with Crippen molar-refractivity contribution >= 4 is 17.5 Å². The number of nitrogens with zero attached hydrogens (tertiary/aromatic N) is 1. The lowest BCUT2D eigenvalue weighted by atomic mass is 9.98. The summed E-state index contributed by atoms with van der Waals surface area (Å²) in [7, 11) is 0. The topological polar surface area (TPSA) is 139 Å². The predicted molar refractivity (Wildman–Crippen MR) is 139 cm³/mol. The molecular formula is C28H30N2O7. The van der Waals surface area contributed by atoms with Gasteiger partial charge in [-0.1, -0.05) is 68.4 Å². The highest BCUT2D eigenvalue weighted by Crippen LogP contribution is 2.18. The minimum atomic E-state index is -1.64. The van der Waals surface area contributed by atoms with E-state index in [-0.39, 0.29) is 18.2 Å². The number of H-pyrrole nitrogens is 1. The van der Waals surface area contributed by atoms with Crippen molar-refractivity contribution < 1.29 is 24.5 Å². The van der Waals surface area contributed by atoms with Crippen LogP contribution in [0.5, 0.6) is 0 Å². The van der Waals surface area contributed by atoms with E-state index in [2.05, 4.69) is 4.98 Å². The lowest BCUT2D eigenvalue weighted by Crippen LogP contribution is -2.36. The van der Waals surface area contributed by atoms with Gasteiger partial charge in [-0.2, -0.15) is 0 Å². The number of rotatable bonds is 12. The van der Waals surface area contributed by atoms with E-state index >= 15 is 0 Å². The van der Waals surface area contributed by atoms with Crippen LogP contribution in [0.1, 0.15) is 54.1 Å². The van der Waals surface area contributed by atoms with E-state index in [1.54, 1.807) is 24.3 Å². The number of hydrogen-bond acceptors (Lipinski definition) is 6. The lowest BCUT2D eigenvalue weighted by molar-refractivity contribution is -0.146. The molecule has 1 aromatic heterocycles. The molecule has 194 valence electrons. The molecule has 0 saturated carbocycles. The number of carbonyl (C=O) groups excluding carboxylic acids is 1. The number of aromatic amines is 1. The smallest absolute Gasteiger partial charge is 0.376 e. The quantitative estimate of drug-likeness (QED) is 0.148. The molecule has 0 unspecified atom stereocenters. The number of carbonyl (C=O) groups is 2. The molecule has 37 heavy (non-hydrogen) atoms. The van der Waals surface area contributed by atoms with E-state index < -0.39 is 23.2 Å². The van der Waals surface area contributed by atoms with Gasteiger partial charge in [0.05, 0.1) is 0 Å². The molecule has 3 rings (SSSR count). The Bertz CT molecular complexity index is 1380. The van der Waals surface area contributed by atoms with Gasteiger partial charge in [-0.05, 0) is 29.9 Å².